The Labute approximate surface area is 99.6 Å². The lowest BCUT2D eigenvalue weighted by Gasteiger charge is -2.33. The van der Waals surface area contributed by atoms with Gasteiger partial charge in [-0.1, -0.05) is 0 Å². The zero-order valence-electron chi connectivity index (χ0n) is 9.80. The first-order valence-electron chi connectivity index (χ1n) is 5.83. The zero-order valence-corrected chi connectivity index (χ0v) is 9.80. The number of aromatic carboxylic acids is 1. The van der Waals surface area contributed by atoms with Crippen LogP contribution in [0.25, 0.3) is 0 Å². The van der Waals surface area contributed by atoms with Crippen LogP contribution in [0.2, 0.25) is 0 Å². The average molecular weight is 239 g/mol. The number of nitrogens with zero attached hydrogens (tertiary/aromatic N) is 1. The number of β-amino-alcohol motifs (C(OH)–C–C–N with tert-alkyl or cyclic N) is 1. The molecule has 94 valence electrons. The lowest BCUT2D eigenvalue weighted by molar-refractivity contribution is 0.0438. The smallest absolute Gasteiger partial charge is 0.371 e. The van der Waals surface area contributed by atoms with E-state index < -0.39 is 5.97 Å². The van der Waals surface area contributed by atoms with E-state index >= 15 is 0 Å². The molecule has 1 aliphatic heterocycles. The minimum atomic E-state index is -1.05. The molecule has 0 saturated carbocycles. The predicted molar refractivity (Wildman–Crippen MR) is 60.9 cm³/mol. The van der Waals surface area contributed by atoms with Crippen molar-refractivity contribution >= 4 is 5.97 Å². The van der Waals surface area contributed by atoms with Crippen molar-refractivity contribution in [2.75, 3.05) is 13.1 Å². The van der Waals surface area contributed by atoms with Crippen molar-refractivity contribution in [1.82, 2.24) is 4.90 Å². The van der Waals surface area contributed by atoms with Gasteiger partial charge in [-0.05, 0) is 38.4 Å². The van der Waals surface area contributed by atoms with E-state index in [-0.39, 0.29) is 17.9 Å². The molecule has 17 heavy (non-hydrogen) atoms. The quantitative estimate of drug-likeness (QED) is 0.836. The second-order valence-corrected chi connectivity index (χ2v) is 4.47. The number of aliphatic hydroxyl groups is 1. The summed E-state index contributed by atoms with van der Waals surface area (Å²) in [6, 6.07) is 3.15. The summed E-state index contributed by atoms with van der Waals surface area (Å²) in [5.74, 6) is -0.456. The maximum atomic E-state index is 10.7. The Bertz CT molecular complexity index is 401. The minimum Gasteiger partial charge on any atom is -0.475 e. The van der Waals surface area contributed by atoms with Crippen LogP contribution in [0.3, 0.4) is 0 Å². The summed E-state index contributed by atoms with van der Waals surface area (Å²) in [7, 11) is 0. The maximum Gasteiger partial charge on any atom is 0.371 e. The van der Waals surface area contributed by atoms with Crippen molar-refractivity contribution in [2.24, 2.45) is 0 Å². The van der Waals surface area contributed by atoms with Crippen molar-refractivity contribution in [3.8, 4) is 0 Å². The second-order valence-electron chi connectivity index (χ2n) is 4.47. The van der Waals surface area contributed by atoms with Crippen molar-refractivity contribution in [2.45, 2.75) is 31.9 Å². The first-order valence-corrected chi connectivity index (χ1v) is 5.83. The second kappa shape index (κ2) is 4.89. The zero-order chi connectivity index (χ0) is 12.4. The molecule has 1 aromatic rings. The average Bonchev–Trinajstić information content (AvgIpc) is 2.77. The van der Waals surface area contributed by atoms with Crippen LogP contribution in [-0.2, 0) is 0 Å². The van der Waals surface area contributed by atoms with E-state index in [1.54, 1.807) is 6.07 Å². The van der Waals surface area contributed by atoms with Gasteiger partial charge in [0.05, 0.1) is 12.1 Å². The van der Waals surface area contributed by atoms with Crippen LogP contribution in [0, 0.1) is 0 Å². The molecular formula is C12H17NO4. The van der Waals surface area contributed by atoms with Crippen LogP contribution in [-0.4, -0.2) is 40.3 Å². The van der Waals surface area contributed by atoms with E-state index in [2.05, 4.69) is 4.90 Å². The number of likely N-dealkylation sites (tertiary alicyclic amines) is 1. The number of carboxylic acids is 1. The minimum absolute atomic E-state index is 0.00181. The van der Waals surface area contributed by atoms with Crippen molar-refractivity contribution in [3.05, 3.63) is 23.7 Å². The Hall–Kier alpha value is -1.33. The van der Waals surface area contributed by atoms with Crippen LogP contribution in [0.4, 0.5) is 0 Å². The molecule has 2 atom stereocenters. The summed E-state index contributed by atoms with van der Waals surface area (Å²) in [4.78, 5) is 12.8. The third-order valence-electron chi connectivity index (χ3n) is 3.22. The highest BCUT2D eigenvalue weighted by atomic mass is 16.4. The van der Waals surface area contributed by atoms with E-state index in [0.29, 0.717) is 12.3 Å². The molecule has 2 rings (SSSR count). The Morgan fingerprint density at radius 1 is 1.59 bits per heavy atom. The Morgan fingerprint density at radius 2 is 2.35 bits per heavy atom. The molecule has 1 aromatic heterocycles. The molecule has 0 radical (unpaired) electrons. The predicted octanol–water partition coefficient (Wildman–Crippen LogP) is 1.50. The Morgan fingerprint density at radius 3 is 2.94 bits per heavy atom. The number of carbonyl (C=O) groups is 1. The lowest BCUT2D eigenvalue weighted by atomic mass is 10.1. The van der Waals surface area contributed by atoms with E-state index in [0.717, 1.165) is 19.4 Å². The fourth-order valence-corrected chi connectivity index (χ4v) is 2.21. The van der Waals surface area contributed by atoms with Crippen LogP contribution in [0.1, 0.15) is 42.1 Å². The molecule has 1 fully saturated rings. The molecule has 0 bridgehead atoms. The largest absolute Gasteiger partial charge is 0.475 e. The van der Waals surface area contributed by atoms with Crippen molar-refractivity contribution in [1.29, 1.82) is 0 Å². The van der Waals surface area contributed by atoms with Gasteiger partial charge in [0.25, 0.3) is 0 Å². The summed E-state index contributed by atoms with van der Waals surface area (Å²) >= 11 is 0. The number of piperidine rings is 1. The molecular weight excluding hydrogens is 222 g/mol. The van der Waals surface area contributed by atoms with Gasteiger partial charge in [-0.25, -0.2) is 4.79 Å². The molecule has 0 aromatic carbocycles. The monoisotopic (exact) mass is 239 g/mol. The van der Waals surface area contributed by atoms with Gasteiger partial charge < -0.3 is 14.6 Å². The molecule has 2 heterocycles. The van der Waals surface area contributed by atoms with Crippen molar-refractivity contribution < 1.29 is 19.4 Å². The molecule has 0 amide bonds. The van der Waals surface area contributed by atoms with Crippen LogP contribution < -0.4 is 0 Å². The number of furan rings is 1. The summed E-state index contributed by atoms with van der Waals surface area (Å²) in [6.07, 6.45) is 1.50. The van der Waals surface area contributed by atoms with E-state index in [1.165, 1.54) is 6.07 Å². The fraction of sp³-hybridized carbons (Fsp3) is 0.583. The number of rotatable bonds is 3. The highest BCUT2D eigenvalue weighted by molar-refractivity contribution is 5.84. The third-order valence-corrected chi connectivity index (χ3v) is 3.22. The molecule has 0 aliphatic carbocycles. The Balaban J connectivity index is 2.07. The normalized spacial score (nSPS) is 23.5. The van der Waals surface area contributed by atoms with Gasteiger partial charge in [0.15, 0.2) is 0 Å². The Kier molecular flexibility index (Phi) is 3.49. The van der Waals surface area contributed by atoms with Gasteiger partial charge in [-0.15, -0.1) is 0 Å². The van der Waals surface area contributed by atoms with Gasteiger partial charge >= 0.3 is 5.97 Å². The molecule has 1 saturated heterocycles. The van der Waals surface area contributed by atoms with Gasteiger partial charge in [-0.3, -0.25) is 4.90 Å². The van der Waals surface area contributed by atoms with Gasteiger partial charge in [0, 0.05) is 6.54 Å². The standard InChI is InChI=1S/C12H17NO4/c1-8(13-6-2-3-9(14)7-13)10-4-5-11(17-10)12(15)16/h4-5,8-9,14H,2-3,6-7H2,1H3,(H,15,16). The number of hydrogen-bond donors (Lipinski definition) is 2. The van der Waals surface area contributed by atoms with Crippen LogP contribution in [0.15, 0.2) is 16.5 Å². The summed E-state index contributed by atoms with van der Waals surface area (Å²) in [6.45, 7) is 3.48. The lowest BCUT2D eigenvalue weighted by Crippen LogP contribution is -2.39. The van der Waals surface area contributed by atoms with Crippen molar-refractivity contribution in [3.63, 3.8) is 0 Å². The number of aliphatic hydroxyl groups excluding tert-OH is 1. The molecule has 2 unspecified atom stereocenters. The molecule has 2 N–H and O–H groups in total. The molecule has 5 heteroatoms. The highest BCUT2D eigenvalue weighted by Crippen LogP contribution is 2.25. The van der Waals surface area contributed by atoms with E-state index in [9.17, 15) is 9.90 Å². The summed E-state index contributed by atoms with van der Waals surface area (Å²) in [5, 5.41) is 18.4. The van der Waals surface area contributed by atoms with Gasteiger partial charge in [0.1, 0.15) is 5.76 Å². The number of carboxylic acid groups (broad SMARTS) is 1. The topological polar surface area (TPSA) is 73.9 Å². The number of hydrogen-bond acceptors (Lipinski definition) is 4. The van der Waals surface area contributed by atoms with Crippen LogP contribution in [0.5, 0.6) is 0 Å². The first-order chi connectivity index (χ1) is 8.08. The maximum absolute atomic E-state index is 10.7. The first kappa shape index (κ1) is 12.1. The fourth-order valence-electron chi connectivity index (χ4n) is 2.21. The third kappa shape index (κ3) is 2.68. The van der Waals surface area contributed by atoms with Gasteiger partial charge in [0.2, 0.25) is 5.76 Å². The van der Waals surface area contributed by atoms with Crippen LogP contribution >= 0.6 is 0 Å². The summed E-state index contributed by atoms with van der Waals surface area (Å²) in [5.41, 5.74) is 0. The van der Waals surface area contributed by atoms with E-state index in [1.807, 2.05) is 6.92 Å². The van der Waals surface area contributed by atoms with Gasteiger partial charge in [-0.2, -0.15) is 0 Å². The molecule has 0 spiro atoms. The molecule has 1 aliphatic rings. The SMILES string of the molecule is CC(c1ccc(C(=O)O)o1)N1CCCC(O)C1. The highest BCUT2D eigenvalue weighted by Gasteiger charge is 2.25. The summed E-state index contributed by atoms with van der Waals surface area (Å²) < 4.78 is 5.27. The van der Waals surface area contributed by atoms with E-state index in [4.69, 9.17) is 9.52 Å². The molecule has 5 nitrogen and oxygen atoms in total.